The Kier molecular flexibility index (Phi) is 3.35. The first-order chi connectivity index (χ1) is 8.53. The number of benzene rings is 1. The maximum Gasteiger partial charge on any atom is 0.103 e. The number of aromatic amines is 1. The molecule has 2 aromatic rings. The van der Waals surface area contributed by atoms with Crippen LogP contribution in [0.1, 0.15) is 19.4 Å². The fourth-order valence-corrected chi connectivity index (χ4v) is 1.80. The van der Waals surface area contributed by atoms with Gasteiger partial charge in [0.05, 0.1) is 23.4 Å². The summed E-state index contributed by atoms with van der Waals surface area (Å²) >= 11 is 0. The van der Waals surface area contributed by atoms with Crippen LogP contribution in [0.4, 0.5) is 0 Å². The lowest BCUT2D eigenvalue weighted by Gasteiger charge is -2.28. The Morgan fingerprint density at radius 2 is 2.22 bits per heavy atom. The molecule has 2 rings (SSSR count). The van der Waals surface area contributed by atoms with E-state index in [-0.39, 0.29) is 0 Å². The number of rotatable bonds is 4. The van der Waals surface area contributed by atoms with E-state index >= 15 is 0 Å². The van der Waals surface area contributed by atoms with Gasteiger partial charge in [0.15, 0.2) is 0 Å². The highest BCUT2D eigenvalue weighted by atomic mass is 15.2. The smallest absolute Gasteiger partial charge is 0.103 e. The first-order valence-corrected chi connectivity index (χ1v) is 6.07. The van der Waals surface area contributed by atoms with Crippen LogP contribution in [0, 0.1) is 11.3 Å². The molecule has 0 aliphatic carbocycles. The lowest BCUT2D eigenvalue weighted by Crippen LogP contribution is -2.40. The summed E-state index contributed by atoms with van der Waals surface area (Å²) in [5.74, 6) is 0. The number of likely N-dealkylation sites (N-methyl/N-ethyl adjacent to an activating group) is 1. The van der Waals surface area contributed by atoms with Crippen LogP contribution in [0.3, 0.4) is 0 Å². The van der Waals surface area contributed by atoms with Gasteiger partial charge in [-0.1, -0.05) is 6.07 Å². The zero-order chi connectivity index (χ0) is 13.2. The molecule has 94 valence electrons. The Morgan fingerprint density at radius 3 is 2.94 bits per heavy atom. The van der Waals surface area contributed by atoms with Gasteiger partial charge in [0, 0.05) is 6.54 Å². The van der Waals surface area contributed by atoms with Gasteiger partial charge in [-0.15, -0.1) is 0 Å². The predicted octanol–water partition coefficient (Wildman–Crippen LogP) is 2.34. The van der Waals surface area contributed by atoms with Gasteiger partial charge < -0.3 is 4.98 Å². The largest absolute Gasteiger partial charge is 0.345 e. The summed E-state index contributed by atoms with van der Waals surface area (Å²) in [6.07, 6.45) is 2.63. The first-order valence-electron chi connectivity index (χ1n) is 6.07. The van der Waals surface area contributed by atoms with Crippen LogP contribution in [-0.2, 0) is 6.42 Å². The van der Waals surface area contributed by atoms with Crippen LogP contribution in [0.25, 0.3) is 11.0 Å². The van der Waals surface area contributed by atoms with Gasteiger partial charge in [-0.05, 0) is 45.0 Å². The number of aromatic nitrogens is 2. The molecule has 0 radical (unpaired) electrons. The van der Waals surface area contributed by atoms with Crippen LogP contribution < -0.4 is 0 Å². The Bertz CT molecular complexity index is 577. The standard InChI is InChI=1S/C14H18N4/c1-14(2,9-15)18(3)7-6-11-4-5-12-13(8-11)17-10-16-12/h4-5,8,10H,6-7H2,1-3H3,(H,16,17). The highest BCUT2D eigenvalue weighted by Gasteiger charge is 2.22. The number of nitrogens with one attached hydrogen (secondary N) is 1. The topological polar surface area (TPSA) is 55.7 Å². The van der Waals surface area contributed by atoms with Crippen molar-refractivity contribution in [3.8, 4) is 6.07 Å². The predicted molar refractivity (Wildman–Crippen MR) is 72.1 cm³/mol. The highest BCUT2D eigenvalue weighted by molar-refractivity contribution is 5.75. The van der Waals surface area contributed by atoms with E-state index in [0.29, 0.717) is 0 Å². The van der Waals surface area contributed by atoms with Crippen LogP contribution in [-0.4, -0.2) is 34.0 Å². The zero-order valence-corrected chi connectivity index (χ0v) is 11.1. The summed E-state index contributed by atoms with van der Waals surface area (Å²) in [5, 5.41) is 9.07. The molecule has 0 saturated heterocycles. The van der Waals surface area contributed by atoms with Crippen molar-refractivity contribution in [2.24, 2.45) is 0 Å². The van der Waals surface area contributed by atoms with E-state index in [1.807, 2.05) is 27.0 Å². The zero-order valence-electron chi connectivity index (χ0n) is 11.1. The number of H-pyrrole nitrogens is 1. The minimum Gasteiger partial charge on any atom is -0.345 e. The van der Waals surface area contributed by atoms with Gasteiger partial charge in [-0.3, -0.25) is 4.90 Å². The number of hydrogen-bond acceptors (Lipinski definition) is 3. The normalized spacial score (nSPS) is 11.9. The molecule has 1 aromatic heterocycles. The molecule has 0 bridgehead atoms. The third kappa shape index (κ3) is 2.52. The summed E-state index contributed by atoms with van der Waals surface area (Å²) in [4.78, 5) is 9.38. The molecule has 0 amide bonds. The van der Waals surface area contributed by atoms with E-state index in [1.54, 1.807) is 6.33 Å². The lowest BCUT2D eigenvalue weighted by molar-refractivity contribution is 0.214. The molecule has 0 unspecified atom stereocenters. The minimum atomic E-state index is -0.419. The summed E-state index contributed by atoms with van der Waals surface area (Å²) in [6, 6.07) is 8.55. The first kappa shape index (κ1) is 12.6. The SMILES string of the molecule is CN(CCc1ccc2nc[nH]c2c1)C(C)(C)C#N. The van der Waals surface area contributed by atoms with Gasteiger partial charge >= 0.3 is 0 Å². The fourth-order valence-electron chi connectivity index (χ4n) is 1.80. The second kappa shape index (κ2) is 4.79. The number of nitriles is 1. The van der Waals surface area contributed by atoms with Gasteiger partial charge in [-0.2, -0.15) is 5.26 Å². The van der Waals surface area contributed by atoms with Gasteiger partial charge in [0.2, 0.25) is 0 Å². The van der Waals surface area contributed by atoms with Crippen LogP contribution in [0.15, 0.2) is 24.5 Å². The third-order valence-corrected chi connectivity index (χ3v) is 3.45. The van der Waals surface area contributed by atoms with Crippen molar-refractivity contribution in [3.05, 3.63) is 30.1 Å². The lowest BCUT2D eigenvalue weighted by atomic mass is 10.0. The Morgan fingerprint density at radius 1 is 1.44 bits per heavy atom. The average Bonchev–Trinajstić information content (AvgIpc) is 2.83. The monoisotopic (exact) mass is 242 g/mol. The van der Waals surface area contributed by atoms with Crippen LogP contribution in [0.2, 0.25) is 0 Å². The van der Waals surface area contributed by atoms with E-state index in [1.165, 1.54) is 5.56 Å². The maximum absolute atomic E-state index is 9.07. The molecule has 0 spiro atoms. The molecule has 0 aliphatic rings. The second-order valence-electron chi connectivity index (χ2n) is 5.10. The number of nitrogens with zero attached hydrogens (tertiary/aromatic N) is 3. The van der Waals surface area contributed by atoms with E-state index in [2.05, 4.69) is 33.1 Å². The molecule has 0 aliphatic heterocycles. The fraction of sp³-hybridized carbons (Fsp3) is 0.429. The van der Waals surface area contributed by atoms with E-state index in [0.717, 1.165) is 24.0 Å². The van der Waals surface area contributed by atoms with Crippen molar-refractivity contribution in [1.29, 1.82) is 5.26 Å². The van der Waals surface area contributed by atoms with Crippen molar-refractivity contribution in [2.75, 3.05) is 13.6 Å². The molecule has 0 saturated carbocycles. The van der Waals surface area contributed by atoms with Crippen molar-refractivity contribution in [1.82, 2.24) is 14.9 Å². The number of hydrogen-bond donors (Lipinski definition) is 1. The van der Waals surface area contributed by atoms with Crippen LogP contribution in [0.5, 0.6) is 0 Å². The maximum atomic E-state index is 9.07. The third-order valence-electron chi connectivity index (χ3n) is 3.45. The van der Waals surface area contributed by atoms with E-state index in [9.17, 15) is 0 Å². The Hall–Kier alpha value is -1.86. The van der Waals surface area contributed by atoms with Crippen molar-refractivity contribution in [3.63, 3.8) is 0 Å². The molecule has 4 heteroatoms. The molecular weight excluding hydrogens is 224 g/mol. The Balaban J connectivity index is 2.04. The average molecular weight is 242 g/mol. The minimum absolute atomic E-state index is 0.419. The molecule has 0 fully saturated rings. The summed E-state index contributed by atoms with van der Waals surface area (Å²) in [7, 11) is 1.98. The van der Waals surface area contributed by atoms with Crippen molar-refractivity contribution in [2.45, 2.75) is 25.8 Å². The van der Waals surface area contributed by atoms with Crippen molar-refractivity contribution < 1.29 is 0 Å². The highest BCUT2D eigenvalue weighted by Crippen LogP contribution is 2.15. The van der Waals surface area contributed by atoms with Gasteiger partial charge in [-0.25, -0.2) is 4.98 Å². The molecule has 1 aromatic carbocycles. The molecule has 18 heavy (non-hydrogen) atoms. The van der Waals surface area contributed by atoms with E-state index < -0.39 is 5.54 Å². The second-order valence-corrected chi connectivity index (χ2v) is 5.10. The molecule has 0 atom stereocenters. The quantitative estimate of drug-likeness (QED) is 0.895. The summed E-state index contributed by atoms with van der Waals surface area (Å²) < 4.78 is 0. The number of imidazole rings is 1. The molecule has 1 N–H and O–H groups in total. The Labute approximate surface area is 107 Å². The molecule has 4 nitrogen and oxygen atoms in total. The number of fused-ring (bicyclic) bond motifs is 1. The summed E-state index contributed by atoms with van der Waals surface area (Å²) in [6.45, 7) is 4.73. The summed E-state index contributed by atoms with van der Waals surface area (Å²) in [5.41, 5.74) is 2.89. The molecule has 1 heterocycles. The van der Waals surface area contributed by atoms with E-state index in [4.69, 9.17) is 5.26 Å². The molecular formula is C14H18N4. The van der Waals surface area contributed by atoms with Crippen LogP contribution >= 0.6 is 0 Å². The van der Waals surface area contributed by atoms with Crippen molar-refractivity contribution >= 4 is 11.0 Å². The van der Waals surface area contributed by atoms with Gasteiger partial charge in [0.1, 0.15) is 5.54 Å². The van der Waals surface area contributed by atoms with Gasteiger partial charge in [0.25, 0.3) is 0 Å².